The molecule has 1 aliphatic heterocycles. The zero-order chi connectivity index (χ0) is 9.90. The third-order valence-electron chi connectivity index (χ3n) is 2.92. The largest absolute Gasteiger partial charge is 0.303 e. The van der Waals surface area contributed by atoms with Crippen molar-refractivity contribution in [3.8, 4) is 0 Å². The Morgan fingerprint density at radius 2 is 2.00 bits per heavy atom. The van der Waals surface area contributed by atoms with E-state index in [1.807, 2.05) is 0 Å². The molecular weight excluding hydrogens is 158 g/mol. The molecule has 0 N–H and O–H groups in total. The summed E-state index contributed by atoms with van der Waals surface area (Å²) in [5, 5.41) is 0. The van der Waals surface area contributed by atoms with Crippen LogP contribution in [0.25, 0.3) is 0 Å². The highest BCUT2D eigenvalue weighted by Crippen LogP contribution is 2.21. The predicted octanol–water partition coefficient (Wildman–Crippen LogP) is 3.15. The Kier molecular flexibility index (Phi) is 3.78. The van der Waals surface area contributed by atoms with Gasteiger partial charge >= 0.3 is 0 Å². The van der Waals surface area contributed by atoms with E-state index in [1.54, 1.807) is 0 Å². The second kappa shape index (κ2) is 4.45. The second-order valence-electron chi connectivity index (χ2n) is 5.86. The van der Waals surface area contributed by atoms with E-state index in [-0.39, 0.29) is 0 Å². The van der Waals surface area contributed by atoms with E-state index in [4.69, 9.17) is 0 Å². The third-order valence-corrected chi connectivity index (χ3v) is 2.92. The summed E-state index contributed by atoms with van der Waals surface area (Å²) in [4.78, 5) is 2.64. The zero-order valence-corrected chi connectivity index (χ0v) is 9.77. The lowest BCUT2D eigenvalue weighted by Crippen LogP contribution is -2.36. The Morgan fingerprint density at radius 3 is 2.54 bits per heavy atom. The Morgan fingerprint density at radius 1 is 1.31 bits per heavy atom. The molecule has 1 heterocycles. The summed E-state index contributed by atoms with van der Waals surface area (Å²) >= 11 is 0. The van der Waals surface area contributed by atoms with Gasteiger partial charge in [0.05, 0.1) is 0 Å². The van der Waals surface area contributed by atoms with E-state index in [2.05, 4.69) is 32.6 Å². The van der Waals surface area contributed by atoms with E-state index < -0.39 is 0 Å². The molecular formula is C12H25N. The summed E-state index contributed by atoms with van der Waals surface area (Å²) < 4.78 is 0. The quantitative estimate of drug-likeness (QED) is 0.635. The molecule has 0 aliphatic carbocycles. The average Bonchev–Trinajstić information content (AvgIpc) is 2.00. The van der Waals surface area contributed by atoms with Crippen LogP contribution >= 0.6 is 0 Å². The first-order valence-corrected chi connectivity index (χ1v) is 5.70. The van der Waals surface area contributed by atoms with Gasteiger partial charge in [0, 0.05) is 6.54 Å². The van der Waals surface area contributed by atoms with Crippen LogP contribution in [0.15, 0.2) is 0 Å². The van der Waals surface area contributed by atoms with Crippen LogP contribution in [0.5, 0.6) is 0 Å². The molecule has 0 aromatic carbocycles. The van der Waals surface area contributed by atoms with Gasteiger partial charge in [-0.15, -0.1) is 0 Å². The average molecular weight is 183 g/mol. The molecule has 1 fully saturated rings. The first-order chi connectivity index (χ1) is 5.97. The molecule has 0 radical (unpaired) electrons. The lowest BCUT2D eigenvalue weighted by atomic mass is 9.91. The molecule has 1 heteroatoms. The van der Waals surface area contributed by atoms with Gasteiger partial charge in [-0.1, -0.05) is 27.7 Å². The van der Waals surface area contributed by atoms with Gasteiger partial charge in [0.2, 0.25) is 0 Å². The van der Waals surface area contributed by atoms with Gasteiger partial charge in [0.15, 0.2) is 0 Å². The fraction of sp³-hybridized carbons (Fsp3) is 1.00. The third kappa shape index (κ3) is 4.66. The van der Waals surface area contributed by atoms with Crippen molar-refractivity contribution in [2.75, 3.05) is 19.6 Å². The lowest BCUT2D eigenvalue weighted by molar-refractivity contribution is 0.162. The van der Waals surface area contributed by atoms with Crippen molar-refractivity contribution in [2.24, 2.45) is 11.3 Å². The van der Waals surface area contributed by atoms with E-state index in [9.17, 15) is 0 Å². The highest BCUT2D eigenvalue weighted by Gasteiger charge is 2.18. The highest BCUT2D eigenvalue weighted by atomic mass is 15.1. The van der Waals surface area contributed by atoms with Crippen molar-refractivity contribution in [1.29, 1.82) is 0 Å². The van der Waals surface area contributed by atoms with Crippen molar-refractivity contribution in [3.63, 3.8) is 0 Å². The maximum atomic E-state index is 2.64. The van der Waals surface area contributed by atoms with Gasteiger partial charge in [-0.2, -0.15) is 0 Å². The molecule has 1 unspecified atom stereocenters. The van der Waals surface area contributed by atoms with Crippen molar-refractivity contribution < 1.29 is 0 Å². The van der Waals surface area contributed by atoms with Gasteiger partial charge in [-0.25, -0.2) is 0 Å². The molecule has 13 heavy (non-hydrogen) atoms. The van der Waals surface area contributed by atoms with Crippen molar-refractivity contribution in [2.45, 2.75) is 47.0 Å². The van der Waals surface area contributed by atoms with Crippen LogP contribution in [0.2, 0.25) is 0 Å². The van der Waals surface area contributed by atoms with Gasteiger partial charge in [0.1, 0.15) is 0 Å². The van der Waals surface area contributed by atoms with Crippen LogP contribution in [0.3, 0.4) is 0 Å². The SMILES string of the molecule is CC1CCCN(CCC(C)(C)C)C1. The van der Waals surface area contributed by atoms with Crippen molar-refractivity contribution >= 4 is 0 Å². The summed E-state index contributed by atoms with van der Waals surface area (Å²) in [6.07, 6.45) is 4.18. The van der Waals surface area contributed by atoms with Crippen LogP contribution < -0.4 is 0 Å². The molecule has 0 aromatic heterocycles. The molecule has 78 valence electrons. The number of piperidine rings is 1. The molecule has 0 bridgehead atoms. The number of likely N-dealkylation sites (tertiary alicyclic amines) is 1. The topological polar surface area (TPSA) is 3.24 Å². The zero-order valence-electron chi connectivity index (χ0n) is 9.77. The lowest BCUT2D eigenvalue weighted by Gasteiger charge is -2.32. The van der Waals surface area contributed by atoms with Gasteiger partial charge in [-0.3, -0.25) is 0 Å². The normalized spacial score (nSPS) is 26.3. The van der Waals surface area contributed by atoms with Gasteiger partial charge in [-0.05, 0) is 43.7 Å². The molecule has 1 nitrogen and oxygen atoms in total. The highest BCUT2D eigenvalue weighted by molar-refractivity contribution is 4.72. The van der Waals surface area contributed by atoms with E-state index in [1.165, 1.54) is 38.9 Å². The number of rotatable bonds is 2. The minimum atomic E-state index is 0.501. The molecule has 1 aliphatic rings. The van der Waals surface area contributed by atoms with E-state index in [0.717, 1.165) is 5.92 Å². The number of nitrogens with zero attached hydrogens (tertiary/aromatic N) is 1. The molecule has 1 rings (SSSR count). The maximum Gasteiger partial charge on any atom is 0.000703 e. The van der Waals surface area contributed by atoms with Crippen molar-refractivity contribution in [1.82, 2.24) is 4.90 Å². The van der Waals surface area contributed by atoms with E-state index in [0.29, 0.717) is 5.41 Å². The van der Waals surface area contributed by atoms with Crippen LogP contribution in [0, 0.1) is 11.3 Å². The summed E-state index contributed by atoms with van der Waals surface area (Å²) in [5.74, 6) is 0.925. The summed E-state index contributed by atoms with van der Waals surface area (Å²) in [7, 11) is 0. The molecule has 0 amide bonds. The van der Waals surface area contributed by atoms with Crippen molar-refractivity contribution in [3.05, 3.63) is 0 Å². The first kappa shape index (κ1) is 11.0. The van der Waals surface area contributed by atoms with Gasteiger partial charge in [0.25, 0.3) is 0 Å². The Bertz CT molecular complexity index is 146. The van der Waals surface area contributed by atoms with Crippen LogP contribution in [0.4, 0.5) is 0 Å². The summed E-state index contributed by atoms with van der Waals surface area (Å²) in [6.45, 7) is 13.3. The van der Waals surface area contributed by atoms with Crippen LogP contribution in [-0.2, 0) is 0 Å². The summed E-state index contributed by atoms with van der Waals surface area (Å²) in [6, 6.07) is 0. The number of hydrogen-bond acceptors (Lipinski definition) is 1. The summed E-state index contributed by atoms with van der Waals surface area (Å²) in [5.41, 5.74) is 0.501. The fourth-order valence-electron chi connectivity index (χ4n) is 1.98. The molecule has 0 saturated carbocycles. The Balaban J connectivity index is 2.21. The fourth-order valence-corrected chi connectivity index (χ4v) is 1.98. The minimum Gasteiger partial charge on any atom is -0.303 e. The standard InChI is InChI=1S/C12H25N/c1-11-6-5-8-13(10-11)9-7-12(2,3)4/h11H,5-10H2,1-4H3. The number of hydrogen-bond donors (Lipinski definition) is 0. The van der Waals surface area contributed by atoms with Crippen LogP contribution in [0.1, 0.15) is 47.0 Å². The second-order valence-corrected chi connectivity index (χ2v) is 5.86. The predicted molar refractivity (Wildman–Crippen MR) is 58.9 cm³/mol. The Labute approximate surface area is 83.5 Å². The van der Waals surface area contributed by atoms with Crippen LogP contribution in [-0.4, -0.2) is 24.5 Å². The molecule has 1 saturated heterocycles. The molecule has 0 spiro atoms. The molecule has 1 atom stereocenters. The van der Waals surface area contributed by atoms with Gasteiger partial charge < -0.3 is 4.90 Å². The first-order valence-electron chi connectivity index (χ1n) is 5.70. The maximum absolute atomic E-state index is 2.64. The Hall–Kier alpha value is -0.0400. The smallest absolute Gasteiger partial charge is 0.000703 e. The van der Waals surface area contributed by atoms with E-state index >= 15 is 0 Å². The molecule has 0 aromatic rings. The minimum absolute atomic E-state index is 0.501. The monoisotopic (exact) mass is 183 g/mol.